The maximum Gasteiger partial charge on any atom is 0.410 e. The first-order valence-electron chi connectivity index (χ1n) is 8.94. The van der Waals surface area contributed by atoms with Gasteiger partial charge in [0.1, 0.15) is 6.61 Å². The second-order valence-electron chi connectivity index (χ2n) is 7.48. The highest BCUT2D eigenvalue weighted by molar-refractivity contribution is 5.67. The Bertz CT molecular complexity index is 540. The van der Waals surface area contributed by atoms with Gasteiger partial charge in [0.25, 0.3) is 0 Å². The molecule has 0 aromatic heterocycles. The summed E-state index contributed by atoms with van der Waals surface area (Å²) in [7, 11) is 0. The Hall–Kier alpha value is -1.55. The van der Waals surface area contributed by atoms with Gasteiger partial charge in [-0.1, -0.05) is 30.3 Å². The Morgan fingerprint density at radius 3 is 2.39 bits per heavy atom. The highest BCUT2D eigenvalue weighted by Crippen LogP contribution is 2.51. The molecule has 0 radical (unpaired) electrons. The summed E-state index contributed by atoms with van der Waals surface area (Å²) in [6, 6.07) is 10.7. The van der Waals surface area contributed by atoms with Crippen molar-refractivity contribution in [3.63, 3.8) is 0 Å². The van der Waals surface area contributed by atoms with Crippen molar-refractivity contribution >= 4 is 6.09 Å². The van der Waals surface area contributed by atoms with Crippen LogP contribution in [0.3, 0.4) is 0 Å². The lowest BCUT2D eigenvalue weighted by Gasteiger charge is -2.57. The minimum Gasteiger partial charge on any atom is -0.445 e. The third-order valence-electron chi connectivity index (χ3n) is 6.03. The molecule has 1 spiro atoms. The molecule has 4 nitrogen and oxygen atoms in total. The molecule has 2 heterocycles. The van der Waals surface area contributed by atoms with E-state index in [1.807, 2.05) is 35.2 Å². The molecule has 0 N–H and O–H groups in total. The summed E-state index contributed by atoms with van der Waals surface area (Å²) in [5.74, 6) is 0. The largest absolute Gasteiger partial charge is 0.445 e. The molecule has 124 valence electrons. The summed E-state index contributed by atoms with van der Waals surface area (Å²) < 4.78 is 5.45. The summed E-state index contributed by atoms with van der Waals surface area (Å²) in [6.45, 7) is 4.70. The van der Waals surface area contributed by atoms with Crippen molar-refractivity contribution < 1.29 is 9.53 Å². The van der Waals surface area contributed by atoms with Gasteiger partial charge >= 0.3 is 6.09 Å². The number of carbonyl (C=O) groups is 1. The number of likely N-dealkylation sites (tertiary alicyclic amines) is 2. The second-order valence-corrected chi connectivity index (χ2v) is 7.48. The number of carbonyl (C=O) groups excluding carboxylic acids is 1. The molecule has 0 atom stereocenters. The lowest BCUT2D eigenvalue weighted by atomic mass is 9.59. The zero-order chi connectivity index (χ0) is 15.7. The third-order valence-corrected chi connectivity index (χ3v) is 6.03. The van der Waals surface area contributed by atoms with Crippen molar-refractivity contribution in [3.05, 3.63) is 35.9 Å². The molecule has 3 aliphatic rings. The molecule has 2 aliphatic heterocycles. The number of piperidine rings is 1. The van der Waals surface area contributed by atoms with Gasteiger partial charge in [0, 0.05) is 19.1 Å². The molecule has 1 amide bonds. The Balaban J connectivity index is 1.21. The van der Waals surface area contributed by atoms with Crippen molar-refractivity contribution in [1.82, 2.24) is 9.80 Å². The number of benzene rings is 1. The molecule has 0 unspecified atom stereocenters. The average molecular weight is 314 g/mol. The van der Waals surface area contributed by atoms with Crippen LogP contribution in [0.2, 0.25) is 0 Å². The van der Waals surface area contributed by atoms with Gasteiger partial charge in [0.15, 0.2) is 0 Å². The van der Waals surface area contributed by atoms with Crippen molar-refractivity contribution in [1.29, 1.82) is 0 Å². The van der Waals surface area contributed by atoms with Gasteiger partial charge in [-0.2, -0.15) is 0 Å². The zero-order valence-corrected chi connectivity index (χ0v) is 13.7. The number of hydrogen-bond donors (Lipinski definition) is 0. The van der Waals surface area contributed by atoms with E-state index in [4.69, 9.17) is 4.74 Å². The van der Waals surface area contributed by atoms with Crippen molar-refractivity contribution in [2.45, 2.75) is 44.8 Å². The number of hydrogen-bond acceptors (Lipinski definition) is 3. The first-order chi connectivity index (χ1) is 11.2. The van der Waals surface area contributed by atoms with Crippen LogP contribution in [0.5, 0.6) is 0 Å². The molecule has 0 bridgehead atoms. The van der Waals surface area contributed by atoms with Gasteiger partial charge < -0.3 is 14.5 Å². The molecule has 23 heavy (non-hydrogen) atoms. The van der Waals surface area contributed by atoms with Gasteiger partial charge in [-0.05, 0) is 56.2 Å². The summed E-state index contributed by atoms with van der Waals surface area (Å²) in [5, 5.41) is 0. The van der Waals surface area contributed by atoms with E-state index in [-0.39, 0.29) is 6.09 Å². The number of rotatable bonds is 3. The van der Waals surface area contributed by atoms with Crippen molar-refractivity contribution in [2.24, 2.45) is 5.41 Å². The van der Waals surface area contributed by atoms with Crippen LogP contribution in [0.4, 0.5) is 4.79 Å². The topological polar surface area (TPSA) is 32.8 Å². The van der Waals surface area contributed by atoms with Crippen molar-refractivity contribution in [2.75, 3.05) is 26.2 Å². The van der Waals surface area contributed by atoms with E-state index < -0.39 is 0 Å². The van der Waals surface area contributed by atoms with E-state index in [9.17, 15) is 4.79 Å². The van der Waals surface area contributed by atoms with Gasteiger partial charge in [-0.3, -0.25) is 0 Å². The second kappa shape index (κ2) is 6.16. The maximum atomic E-state index is 12.2. The fourth-order valence-electron chi connectivity index (χ4n) is 4.29. The monoisotopic (exact) mass is 314 g/mol. The number of ether oxygens (including phenoxy) is 1. The summed E-state index contributed by atoms with van der Waals surface area (Å²) >= 11 is 0. The molecule has 1 aromatic carbocycles. The highest BCUT2D eigenvalue weighted by Gasteiger charge is 2.49. The van der Waals surface area contributed by atoms with E-state index in [0.29, 0.717) is 12.0 Å². The van der Waals surface area contributed by atoms with Gasteiger partial charge in [-0.15, -0.1) is 0 Å². The molecule has 1 aromatic rings. The Kier molecular flexibility index (Phi) is 4.02. The van der Waals surface area contributed by atoms with E-state index in [1.165, 1.54) is 32.4 Å². The minimum atomic E-state index is -0.151. The maximum absolute atomic E-state index is 12.2. The van der Waals surface area contributed by atoms with Crippen LogP contribution in [0.25, 0.3) is 0 Å². The third kappa shape index (κ3) is 3.09. The first-order valence-corrected chi connectivity index (χ1v) is 8.94. The lowest BCUT2D eigenvalue weighted by molar-refractivity contribution is -0.0602. The average Bonchev–Trinajstić information content (AvgIpc) is 2.51. The van der Waals surface area contributed by atoms with Crippen LogP contribution in [0.15, 0.2) is 30.3 Å². The SMILES string of the molecule is O=C(OCc1ccccc1)N1CCC2(CC1)CC(N1CCC1)C2. The fraction of sp³-hybridized carbons (Fsp3) is 0.632. The summed E-state index contributed by atoms with van der Waals surface area (Å²) in [5.41, 5.74) is 1.57. The molecule has 3 fully saturated rings. The van der Waals surface area contributed by atoms with Crippen LogP contribution in [0, 0.1) is 5.41 Å². The Labute approximate surface area is 138 Å². The molecule has 4 heteroatoms. The van der Waals surface area contributed by atoms with Crippen LogP contribution in [0.1, 0.15) is 37.7 Å². The normalized spacial score (nSPS) is 24.1. The van der Waals surface area contributed by atoms with Crippen LogP contribution < -0.4 is 0 Å². The van der Waals surface area contributed by atoms with E-state index in [2.05, 4.69) is 4.90 Å². The van der Waals surface area contributed by atoms with Gasteiger partial charge in [-0.25, -0.2) is 4.79 Å². The fourth-order valence-corrected chi connectivity index (χ4v) is 4.29. The lowest BCUT2D eigenvalue weighted by Crippen LogP contribution is -2.58. The summed E-state index contributed by atoms with van der Waals surface area (Å²) in [4.78, 5) is 16.7. The Morgan fingerprint density at radius 1 is 1.09 bits per heavy atom. The van der Waals surface area contributed by atoms with E-state index >= 15 is 0 Å². The van der Waals surface area contributed by atoms with E-state index in [1.54, 1.807) is 0 Å². The quantitative estimate of drug-likeness (QED) is 0.858. The predicted molar refractivity (Wildman–Crippen MR) is 89.1 cm³/mol. The highest BCUT2D eigenvalue weighted by atomic mass is 16.6. The van der Waals surface area contributed by atoms with Gasteiger partial charge in [0.2, 0.25) is 0 Å². The smallest absolute Gasteiger partial charge is 0.410 e. The molecule has 4 rings (SSSR count). The van der Waals surface area contributed by atoms with Crippen molar-refractivity contribution in [3.8, 4) is 0 Å². The molecular weight excluding hydrogens is 288 g/mol. The first kappa shape index (κ1) is 15.0. The zero-order valence-electron chi connectivity index (χ0n) is 13.7. The van der Waals surface area contributed by atoms with Crippen LogP contribution in [-0.2, 0) is 11.3 Å². The number of amides is 1. The molecule has 2 saturated heterocycles. The van der Waals surface area contributed by atoms with E-state index in [0.717, 1.165) is 37.5 Å². The Morgan fingerprint density at radius 2 is 1.78 bits per heavy atom. The van der Waals surface area contributed by atoms with Crippen LogP contribution >= 0.6 is 0 Å². The molecule has 1 saturated carbocycles. The predicted octanol–water partition coefficient (Wildman–Crippen LogP) is 3.27. The minimum absolute atomic E-state index is 0.151. The van der Waals surface area contributed by atoms with Crippen LogP contribution in [-0.4, -0.2) is 48.1 Å². The molecule has 1 aliphatic carbocycles. The summed E-state index contributed by atoms with van der Waals surface area (Å²) in [6.07, 6.45) is 6.22. The van der Waals surface area contributed by atoms with Gasteiger partial charge in [0.05, 0.1) is 0 Å². The standard InChI is InChI=1S/C19H26N2O2/c22-18(23-15-16-5-2-1-3-6-16)21-11-7-19(8-12-21)13-17(14-19)20-9-4-10-20/h1-3,5-6,17H,4,7-15H2. The molecular formula is C19H26N2O2. The number of nitrogens with zero attached hydrogens (tertiary/aromatic N) is 2.